The number of carbonyl (C=O) groups is 1. The second-order valence-corrected chi connectivity index (χ2v) is 5.72. The highest BCUT2D eigenvalue weighted by Gasteiger charge is 2.19. The molecular weight excluding hydrogens is 286 g/mol. The first-order valence-corrected chi connectivity index (χ1v) is 7.57. The van der Waals surface area contributed by atoms with Gasteiger partial charge in [-0.25, -0.2) is 0 Å². The lowest BCUT2D eigenvalue weighted by molar-refractivity contribution is -0.120. The number of carbonyl (C=O) groups excluding carboxylic acids is 1. The van der Waals surface area contributed by atoms with Crippen molar-refractivity contribution < 1.29 is 4.79 Å². The number of anilines is 1. The van der Waals surface area contributed by atoms with Gasteiger partial charge in [0.15, 0.2) is 0 Å². The van der Waals surface area contributed by atoms with Crippen LogP contribution >= 0.6 is 0 Å². The summed E-state index contributed by atoms with van der Waals surface area (Å²) in [5.41, 5.74) is 3.40. The molecule has 0 aliphatic rings. The number of nitrogens with zero attached hydrogens (tertiary/aromatic N) is 2. The average Bonchev–Trinajstić information content (AvgIpc) is 2.56. The summed E-state index contributed by atoms with van der Waals surface area (Å²) in [6, 6.07) is 17.1. The van der Waals surface area contributed by atoms with Gasteiger partial charge in [-0.15, -0.1) is 0 Å². The van der Waals surface area contributed by atoms with E-state index in [1.807, 2.05) is 18.9 Å². The van der Waals surface area contributed by atoms with Gasteiger partial charge in [0.25, 0.3) is 0 Å². The third kappa shape index (κ3) is 4.41. The number of rotatable bonds is 5. The molecule has 0 saturated carbocycles. The molecule has 0 bridgehead atoms. The molecule has 23 heavy (non-hydrogen) atoms. The smallest absolute Gasteiger partial charge is 0.241 e. The van der Waals surface area contributed by atoms with Gasteiger partial charge in [-0.3, -0.25) is 9.69 Å². The van der Waals surface area contributed by atoms with Gasteiger partial charge in [0, 0.05) is 6.54 Å². The van der Waals surface area contributed by atoms with Crippen molar-refractivity contribution in [3.05, 3.63) is 65.2 Å². The van der Waals surface area contributed by atoms with Gasteiger partial charge in [0.2, 0.25) is 5.91 Å². The Hall–Kier alpha value is -2.64. The molecule has 4 nitrogen and oxygen atoms in total. The molecule has 0 aliphatic carbocycles. The maximum absolute atomic E-state index is 12.4. The Labute approximate surface area is 137 Å². The Kier molecular flexibility index (Phi) is 5.51. The number of hydrogen-bond acceptors (Lipinski definition) is 3. The third-order valence-corrected chi connectivity index (χ3v) is 3.90. The zero-order valence-corrected chi connectivity index (χ0v) is 13.7. The molecule has 0 saturated heterocycles. The van der Waals surface area contributed by atoms with E-state index in [2.05, 4.69) is 42.6 Å². The van der Waals surface area contributed by atoms with Crippen molar-refractivity contribution in [3.63, 3.8) is 0 Å². The topological polar surface area (TPSA) is 56.1 Å². The Balaban J connectivity index is 2.01. The zero-order valence-electron chi connectivity index (χ0n) is 13.7. The van der Waals surface area contributed by atoms with Crippen molar-refractivity contribution in [2.75, 3.05) is 12.4 Å². The number of amides is 1. The molecule has 118 valence electrons. The first kappa shape index (κ1) is 16.7. The van der Waals surface area contributed by atoms with E-state index >= 15 is 0 Å². The lowest BCUT2D eigenvalue weighted by Crippen LogP contribution is -2.39. The fourth-order valence-electron chi connectivity index (χ4n) is 2.25. The van der Waals surface area contributed by atoms with Crippen LogP contribution in [0.1, 0.15) is 23.6 Å². The Morgan fingerprint density at radius 1 is 1.22 bits per heavy atom. The van der Waals surface area contributed by atoms with Crippen LogP contribution in [0.15, 0.2) is 48.5 Å². The van der Waals surface area contributed by atoms with Crippen LogP contribution in [0.25, 0.3) is 0 Å². The highest BCUT2D eigenvalue weighted by molar-refractivity contribution is 5.95. The summed E-state index contributed by atoms with van der Waals surface area (Å²) in [7, 11) is 1.92. The zero-order chi connectivity index (χ0) is 16.8. The van der Waals surface area contributed by atoms with Gasteiger partial charge in [-0.1, -0.05) is 42.0 Å². The van der Waals surface area contributed by atoms with Crippen molar-refractivity contribution in [3.8, 4) is 6.07 Å². The molecule has 0 fully saturated rings. The van der Waals surface area contributed by atoms with Crippen molar-refractivity contribution >= 4 is 11.6 Å². The quantitative estimate of drug-likeness (QED) is 0.922. The van der Waals surface area contributed by atoms with Crippen molar-refractivity contribution in [2.24, 2.45) is 0 Å². The normalized spacial score (nSPS) is 11.8. The number of benzene rings is 2. The van der Waals surface area contributed by atoms with Gasteiger partial charge < -0.3 is 5.32 Å². The van der Waals surface area contributed by atoms with Gasteiger partial charge in [-0.2, -0.15) is 5.26 Å². The van der Waals surface area contributed by atoms with Crippen LogP contribution in [0.2, 0.25) is 0 Å². The molecule has 0 heterocycles. The minimum atomic E-state index is -0.303. The van der Waals surface area contributed by atoms with E-state index in [1.54, 1.807) is 24.3 Å². The molecule has 1 amide bonds. The van der Waals surface area contributed by atoms with Crippen LogP contribution in [-0.4, -0.2) is 23.9 Å². The van der Waals surface area contributed by atoms with E-state index in [0.29, 0.717) is 17.8 Å². The summed E-state index contributed by atoms with van der Waals surface area (Å²) < 4.78 is 0. The predicted molar refractivity (Wildman–Crippen MR) is 91.9 cm³/mol. The number of likely N-dealkylation sites (N-methyl/N-ethyl adjacent to an activating group) is 1. The lowest BCUT2D eigenvalue weighted by atomic mass is 10.1. The molecule has 2 aromatic rings. The van der Waals surface area contributed by atoms with E-state index in [9.17, 15) is 4.79 Å². The summed E-state index contributed by atoms with van der Waals surface area (Å²) in [4.78, 5) is 14.4. The molecule has 0 radical (unpaired) electrons. The number of aryl methyl sites for hydroxylation is 1. The second kappa shape index (κ2) is 7.57. The van der Waals surface area contributed by atoms with Crippen LogP contribution in [0.5, 0.6) is 0 Å². The molecule has 1 N–H and O–H groups in total. The SMILES string of the molecule is Cc1ccc(CN(C)[C@H](C)C(=O)Nc2ccccc2C#N)cc1. The Bertz CT molecular complexity index is 716. The molecular formula is C19H21N3O. The van der Waals surface area contributed by atoms with Crippen LogP contribution in [0.3, 0.4) is 0 Å². The summed E-state index contributed by atoms with van der Waals surface area (Å²) in [5.74, 6) is -0.123. The summed E-state index contributed by atoms with van der Waals surface area (Å²) in [6.45, 7) is 4.60. The van der Waals surface area contributed by atoms with Crippen LogP contribution in [-0.2, 0) is 11.3 Å². The molecule has 0 aromatic heterocycles. The molecule has 0 spiro atoms. The number of para-hydroxylation sites is 1. The number of hydrogen-bond donors (Lipinski definition) is 1. The summed E-state index contributed by atoms with van der Waals surface area (Å²) in [6.07, 6.45) is 0. The maximum Gasteiger partial charge on any atom is 0.241 e. The van der Waals surface area contributed by atoms with Crippen molar-refractivity contribution in [1.29, 1.82) is 5.26 Å². The number of nitriles is 1. The largest absolute Gasteiger partial charge is 0.324 e. The minimum Gasteiger partial charge on any atom is -0.324 e. The highest BCUT2D eigenvalue weighted by Crippen LogP contribution is 2.15. The molecule has 0 aliphatic heterocycles. The molecule has 4 heteroatoms. The van der Waals surface area contributed by atoms with Gasteiger partial charge in [-0.05, 0) is 38.6 Å². The van der Waals surface area contributed by atoms with E-state index in [1.165, 1.54) is 5.56 Å². The summed E-state index contributed by atoms with van der Waals surface area (Å²) in [5, 5.41) is 11.9. The van der Waals surface area contributed by atoms with Crippen molar-refractivity contribution in [2.45, 2.75) is 26.4 Å². The first-order valence-electron chi connectivity index (χ1n) is 7.57. The van der Waals surface area contributed by atoms with E-state index < -0.39 is 0 Å². The summed E-state index contributed by atoms with van der Waals surface area (Å²) >= 11 is 0. The standard InChI is InChI=1S/C19H21N3O/c1-14-8-10-16(11-9-14)13-22(3)15(2)19(23)21-18-7-5-4-6-17(18)12-20/h4-11,15H,13H2,1-3H3,(H,21,23)/t15-/m1/s1. The maximum atomic E-state index is 12.4. The molecule has 1 atom stereocenters. The van der Waals surface area contributed by atoms with Gasteiger partial charge in [0.05, 0.1) is 17.3 Å². The average molecular weight is 307 g/mol. The second-order valence-electron chi connectivity index (χ2n) is 5.72. The van der Waals surface area contributed by atoms with Crippen LogP contribution < -0.4 is 5.32 Å². The van der Waals surface area contributed by atoms with Gasteiger partial charge in [0.1, 0.15) is 6.07 Å². The number of nitrogens with one attached hydrogen (secondary N) is 1. The van der Waals surface area contributed by atoms with E-state index in [-0.39, 0.29) is 11.9 Å². The monoisotopic (exact) mass is 307 g/mol. The van der Waals surface area contributed by atoms with E-state index in [4.69, 9.17) is 5.26 Å². The minimum absolute atomic E-state index is 0.123. The highest BCUT2D eigenvalue weighted by atomic mass is 16.2. The lowest BCUT2D eigenvalue weighted by Gasteiger charge is -2.24. The van der Waals surface area contributed by atoms with Gasteiger partial charge >= 0.3 is 0 Å². The molecule has 2 aromatic carbocycles. The fourth-order valence-corrected chi connectivity index (χ4v) is 2.25. The van der Waals surface area contributed by atoms with E-state index in [0.717, 1.165) is 5.56 Å². The fraction of sp³-hybridized carbons (Fsp3) is 0.263. The Morgan fingerprint density at radius 2 is 1.87 bits per heavy atom. The van der Waals surface area contributed by atoms with Crippen molar-refractivity contribution in [1.82, 2.24) is 4.90 Å². The van der Waals surface area contributed by atoms with Crippen LogP contribution in [0.4, 0.5) is 5.69 Å². The molecule has 0 unspecified atom stereocenters. The Morgan fingerprint density at radius 3 is 2.52 bits per heavy atom. The van der Waals surface area contributed by atoms with Crippen LogP contribution in [0, 0.1) is 18.3 Å². The third-order valence-electron chi connectivity index (χ3n) is 3.90. The molecule has 2 rings (SSSR count). The first-order chi connectivity index (χ1) is 11.0. The predicted octanol–water partition coefficient (Wildman–Crippen LogP) is 3.33.